The number of carbonyl (C=O) groups is 1. The first kappa shape index (κ1) is 10.7. The van der Waals surface area contributed by atoms with Crippen LogP contribution in [0.3, 0.4) is 0 Å². The van der Waals surface area contributed by atoms with Crippen LogP contribution in [0, 0.1) is 0 Å². The van der Waals surface area contributed by atoms with Crippen LogP contribution in [-0.4, -0.2) is 19.6 Å². The molecule has 0 aliphatic carbocycles. The molecule has 14 heavy (non-hydrogen) atoms. The molecule has 0 saturated heterocycles. The molecular weight excluding hydrogens is 178 g/mol. The third-order valence-electron chi connectivity index (χ3n) is 1.98. The molecule has 1 aromatic carbocycles. The van der Waals surface area contributed by atoms with E-state index in [1.54, 1.807) is 0 Å². The van der Waals surface area contributed by atoms with Gasteiger partial charge in [-0.1, -0.05) is 37.3 Å². The molecular formula is C11H15NO2. The molecule has 0 spiro atoms. The molecule has 3 heteroatoms. The quantitative estimate of drug-likeness (QED) is 0.737. The van der Waals surface area contributed by atoms with Crippen LogP contribution in [0.25, 0.3) is 0 Å². The Morgan fingerprint density at radius 3 is 2.57 bits per heavy atom. The van der Waals surface area contributed by atoms with E-state index in [4.69, 9.17) is 4.74 Å². The molecule has 1 atom stereocenters. The molecule has 0 bridgehead atoms. The van der Waals surface area contributed by atoms with Gasteiger partial charge >= 0.3 is 5.97 Å². The zero-order valence-electron chi connectivity index (χ0n) is 8.49. The molecule has 0 radical (unpaired) electrons. The highest BCUT2D eigenvalue weighted by Gasteiger charge is 2.19. The molecule has 76 valence electrons. The number of rotatable bonds is 4. The van der Waals surface area contributed by atoms with Gasteiger partial charge in [0.2, 0.25) is 0 Å². The Kier molecular flexibility index (Phi) is 4.13. The Hall–Kier alpha value is -1.35. The number of likely N-dealkylation sites (N-methyl/N-ethyl adjacent to an activating group) is 1. The summed E-state index contributed by atoms with van der Waals surface area (Å²) in [5, 5.41) is 3.08. The van der Waals surface area contributed by atoms with Gasteiger partial charge in [-0.05, 0) is 12.1 Å². The molecule has 0 heterocycles. The number of hydrogen-bond donors (Lipinski definition) is 1. The van der Waals surface area contributed by atoms with Crippen LogP contribution < -0.4 is 5.32 Å². The fourth-order valence-electron chi connectivity index (χ4n) is 1.30. The van der Waals surface area contributed by atoms with E-state index in [2.05, 4.69) is 5.32 Å². The molecule has 1 aromatic rings. The normalized spacial score (nSPS) is 12.1. The number of esters is 1. The van der Waals surface area contributed by atoms with Gasteiger partial charge in [0.1, 0.15) is 6.04 Å². The van der Waals surface area contributed by atoms with Crippen molar-refractivity contribution in [2.45, 2.75) is 13.0 Å². The van der Waals surface area contributed by atoms with E-state index in [0.717, 1.165) is 12.1 Å². The lowest BCUT2D eigenvalue weighted by Crippen LogP contribution is -2.29. The maximum Gasteiger partial charge on any atom is 0.327 e. The number of nitrogens with one attached hydrogen (secondary N) is 1. The second-order valence-electron chi connectivity index (χ2n) is 2.92. The minimum Gasteiger partial charge on any atom is -0.468 e. The van der Waals surface area contributed by atoms with Gasteiger partial charge in [-0.2, -0.15) is 0 Å². The Bertz CT molecular complexity index is 285. The summed E-state index contributed by atoms with van der Waals surface area (Å²) in [6.45, 7) is 2.69. The molecule has 0 aliphatic rings. The Morgan fingerprint density at radius 1 is 1.43 bits per heavy atom. The standard InChI is InChI=1S/C11H15NO2/c1-3-12-10(11(13)14-2)9-7-5-4-6-8-9/h4-8,10,12H,3H2,1-2H3. The first-order valence-electron chi connectivity index (χ1n) is 4.65. The van der Waals surface area contributed by atoms with Crippen LogP contribution in [0.5, 0.6) is 0 Å². The van der Waals surface area contributed by atoms with Crippen LogP contribution >= 0.6 is 0 Å². The summed E-state index contributed by atoms with van der Waals surface area (Å²) in [7, 11) is 1.40. The van der Waals surface area contributed by atoms with Crippen molar-refractivity contribution in [3.63, 3.8) is 0 Å². The minimum atomic E-state index is -0.355. The van der Waals surface area contributed by atoms with Gasteiger partial charge in [0.25, 0.3) is 0 Å². The van der Waals surface area contributed by atoms with E-state index >= 15 is 0 Å². The van der Waals surface area contributed by atoms with Gasteiger partial charge in [0.05, 0.1) is 7.11 Å². The molecule has 1 unspecified atom stereocenters. The van der Waals surface area contributed by atoms with Crippen LogP contribution in [0.4, 0.5) is 0 Å². The Labute approximate surface area is 84.1 Å². The van der Waals surface area contributed by atoms with Gasteiger partial charge in [0.15, 0.2) is 0 Å². The fraction of sp³-hybridized carbons (Fsp3) is 0.364. The molecule has 0 amide bonds. The monoisotopic (exact) mass is 193 g/mol. The molecule has 0 fully saturated rings. The Morgan fingerprint density at radius 2 is 2.07 bits per heavy atom. The van der Waals surface area contributed by atoms with Crippen molar-refractivity contribution in [2.24, 2.45) is 0 Å². The van der Waals surface area contributed by atoms with Crippen LogP contribution in [0.1, 0.15) is 18.5 Å². The first-order chi connectivity index (χ1) is 6.79. The van der Waals surface area contributed by atoms with Crippen LogP contribution in [0.2, 0.25) is 0 Å². The van der Waals surface area contributed by atoms with Crippen LogP contribution in [-0.2, 0) is 9.53 Å². The van der Waals surface area contributed by atoms with Crippen molar-refractivity contribution in [1.82, 2.24) is 5.32 Å². The number of benzene rings is 1. The molecule has 3 nitrogen and oxygen atoms in total. The zero-order valence-corrected chi connectivity index (χ0v) is 8.49. The molecule has 0 aliphatic heterocycles. The molecule has 1 N–H and O–H groups in total. The van der Waals surface area contributed by atoms with Gasteiger partial charge in [-0.25, -0.2) is 4.79 Å². The third kappa shape index (κ3) is 2.57. The van der Waals surface area contributed by atoms with Crippen molar-refractivity contribution in [3.05, 3.63) is 35.9 Å². The van der Waals surface area contributed by atoms with Gasteiger partial charge < -0.3 is 10.1 Å². The van der Waals surface area contributed by atoms with E-state index in [1.165, 1.54) is 7.11 Å². The van der Waals surface area contributed by atoms with Crippen molar-refractivity contribution in [1.29, 1.82) is 0 Å². The molecule has 0 aromatic heterocycles. The predicted molar refractivity (Wildman–Crippen MR) is 54.9 cm³/mol. The summed E-state index contributed by atoms with van der Waals surface area (Å²) >= 11 is 0. The summed E-state index contributed by atoms with van der Waals surface area (Å²) in [6, 6.07) is 9.19. The second kappa shape index (κ2) is 5.40. The summed E-state index contributed by atoms with van der Waals surface area (Å²) in [6.07, 6.45) is 0. The van der Waals surface area contributed by atoms with Gasteiger partial charge in [-0.3, -0.25) is 0 Å². The number of methoxy groups -OCH3 is 1. The lowest BCUT2D eigenvalue weighted by atomic mass is 10.1. The lowest BCUT2D eigenvalue weighted by Gasteiger charge is -2.15. The van der Waals surface area contributed by atoms with Crippen LogP contribution in [0.15, 0.2) is 30.3 Å². The average molecular weight is 193 g/mol. The van der Waals surface area contributed by atoms with Crippen molar-refractivity contribution in [3.8, 4) is 0 Å². The maximum atomic E-state index is 11.4. The van der Waals surface area contributed by atoms with Crippen molar-refractivity contribution in [2.75, 3.05) is 13.7 Å². The highest BCUT2D eigenvalue weighted by Crippen LogP contribution is 2.13. The van der Waals surface area contributed by atoms with E-state index in [1.807, 2.05) is 37.3 Å². The summed E-state index contributed by atoms with van der Waals surface area (Å²) in [5.74, 6) is -0.252. The molecule has 1 rings (SSSR count). The summed E-state index contributed by atoms with van der Waals surface area (Å²) in [5.41, 5.74) is 0.932. The summed E-state index contributed by atoms with van der Waals surface area (Å²) in [4.78, 5) is 11.4. The maximum absolute atomic E-state index is 11.4. The largest absolute Gasteiger partial charge is 0.468 e. The lowest BCUT2D eigenvalue weighted by molar-refractivity contribution is -0.143. The highest BCUT2D eigenvalue weighted by molar-refractivity contribution is 5.77. The van der Waals surface area contributed by atoms with E-state index < -0.39 is 0 Å². The van der Waals surface area contributed by atoms with E-state index in [9.17, 15) is 4.79 Å². The SMILES string of the molecule is CCNC(C(=O)OC)c1ccccc1. The Balaban J connectivity index is 2.83. The van der Waals surface area contributed by atoms with Gasteiger partial charge in [0, 0.05) is 0 Å². The number of carbonyl (C=O) groups excluding carboxylic acids is 1. The smallest absolute Gasteiger partial charge is 0.327 e. The molecule has 0 saturated carbocycles. The number of hydrogen-bond acceptors (Lipinski definition) is 3. The predicted octanol–water partition coefficient (Wildman–Crippen LogP) is 1.51. The zero-order chi connectivity index (χ0) is 10.4. The third-order valence-corrected chi connectivity index (χ3v) is 1.98. The van der Waals surface area contributed by atoms with Crippen molar-refractivity contribution >= 4 is 5.97 Å². The highest BCUT2D eigenvalue weighted by atomic mass is 16.5. The van der Waals surface area contributed by atoms with Gasteiger partial charge in [-0.15, -0.1) is 0 Å². The fourth-order valence-corrected chi connectivity index (χ4v) is 1.30. The second-order valence-corrected chi connectivity index (χ2v) is 2.92. The number of ether oxygens (including phenoxy) is 1. The first-order valence-corrected chi connectivity index (χ1v) is 4.65. The van der Waals surface area contributed by atoms with E-state index in [-0.39, 0.29) is 12.0 Å². The average Bonchev–Trinajstić information content (AvgIpc) is 2.26. The summed E-state index contributed by atoms with van der Waals surface area (Å²) < 4.78 is 4.72. The topological polar surface area (TPSA) is 38.3 Å². The minimum absolute atomic E-state index is 0.252. The van der Waals surface area contributed by atoms with Crippen molar-refractivity contribution < 1.29 is 9.53 Å². The van der Waals surface area contributed by atoms with E-state index in [0.29, 0.717) is 0 Å².